The summed E-state index contributed by atoms with van der Waals surface area (Å²) in [6.07, 6.45) is 5.70. The molecule has 0 aliphatic carbocycles. The maximum absolute atomic E-state index is 3.47. The third-order valence-corrected chi connectivity index (χ3v) is 1.02. The third kappa shape index (κ3) is 5.01. The molecule has 0 bridgehead atoms. The molecule has 10 heavy (non-hydrogen) atoms. The Morgan fingerprint density at radius 1 is 1.70 bits per heavy atom. The number of nitrogens with zero attached hydrogens (tertiary/aromatic N) is 1. The fourth-order valence-corrected chi connectivity index (χ4v) is 0.471. The molecule has 1 N–H and O–H groups in total. The smallest absolute Gasteiger partial charge is 0.0425 e. The van der Waals surface area contributed by atoms with E-state index < -0.39 is 0 Å². The molecular weight excluding hydrogens is 124 g/mol. The van der Waals surface area contributed by atoms with Gasteiger partial charge in [-0.15, -0.1) is 5.73 Å². The Bertz CT molecular complexity index is 143. The number of rotatable bonds is 4. The van der Waals surface area contributed by atoms with E-state index in [0.717, 1.165) is 6.54 Å². The van der Waals surface area contributed by atoms with Crippen LogP contribution in [0.25, 0.3) is 0 Å². The molecule has 0 atom stereocenters. The zero-order valence-corrected chi connectivity index (χ0v) is 6.59. The minimum Gasteiger partial charge on any atom is -0.393 e. The second-order valence-electron chi connectivity index (χ2n) is 1.95. The van der Waals surface area contributed by atoms with Gasteiger partial charge in [0.15, 0.2) is 0 Å². The fourth-order valence-electron chi connectivity index (χ4n) is 0.471. The van der Waals surface area contributed by atoms with E-state index in [1.165, 1.54) is 0 Å². The van der Waals surface area contributed by atoms with Gasteiger partial charge in [-0.1, -0.05) is 6.58 Å². The highest BCUT2D eigenvalue weighted by molar-refractivity contribution is 4.85. The van der Waals surface area contributed by atoms with Gasteiger partial charge < -0.3 is 10.2 Å². The van der Waals surface area contributed by atoms with Crippen LogP contribution in [0.2, 0.25) is 0 Å². The predicted octanol–water partition coefficient (Wildman–Crippen LogP) is 0.950. The lowest BCUT2D eigenvalue weighted by atomic mass is 10.5. The molecule has 0 spiro atoms. The highest BCUT2D eigenvalue weighted by Crippen LogP contribution is 1.81. The Hall–Kier alpha value is -1.14. The molecule has 0 aromatic rings. The van der Waals surface area contributed by atoms with E-state index in [2.05, 4.69) is 17.6 Å². The van der Waals surface area contributed by atoms with Gasteiger partial charge >= 0.3 is 0 Å². The van der Waals surface area contributed by atoms with Crippen LogP contribution in [0.5, 0.6) is 0 Å². The molecule has 0 aromatic heterocycles. The highest BCUT2D eigenvalue weighted by Gasteiger charge is 1.81. The van der Waals surface area contributed by atoms with Crippen molar-refractivity contribution in [2.24, 2.45) is 0 Å². The largest absolute Gasteiger partial charge is 0.393 e. The molecule has 0 saturated heterocycles. The topological polar surface area (TPSA) is 15.3 Å². The van der Waals surface area contributed by atoms with Crippen molar-refractivity contribution in [2.45, 2.75) is 0 Å². The van der Waals surface area contributed by atoms with Gasteiger partial charge in [0.05, 0.1) is 0 Å². The summed E-state index contributed by atoms with van der Waals surface area (Å²) >= 11 is 0. The first-order chi connectivity index (χ1) is 4.81. The van der Waals surface area contributed by atoms with Crippen molar-refractivity contribution >= 4 is 0 Å². The van der Waals surface area contributed by atoms with Crippen LogP contribution >= 0.6 is 0 Å². The molecule has 0 aliphatic rings. The lowest BCUT2D eigenvalue weighted by Crippen LogP contribution is -2.11. The molecule has 0 heterocycles. The Morgan fingerprint density at radius 3 is 2.90 bits per heavy atom. The first-order valence-electron chi connectivity index (χ1n) is 3.19. The van der Waals surface area contributed by atoms with E-state index in [4.69, 9.17) is 0 Å². The van der Waals surface area contributed by atoms with Crippen molar-refractivity contribution in [1.29, 1.82) is 0 Å². The molecule has 0 aromatic carbocycles. The van der Waals surface area contributed by atoms with Gasteiger partial charge in [-0.05, 0) is 6.08 Å². The first-order valence-corrected chi connectivity index (χ1v) is 3.19. The summed E-state index contributed by atoms with van der Waals surface area (Å²) in [5, 5.41) is 2.90. The second kappa shape index (κ2) is 5.99. The van der Waals surface area contributed by atoms with Crippen molar-refractivity contribution in [2.75, 3.05) is 20.6 Å². The molecule has 0 unspecified atom stereocenters. The van der Waals surface area contributed by atoms with Crippen LogP contribution < -0.4 is 5.32 Å². The Balaban J connectivity index is 3.52. The maximum Gasteiger partial charge on any atom is 0.0425 e. The second-order valence-corrected chi connectivity index (χ2v) is 1.95. The quantitative estimate of drug-likeness (QED) is 0.582. The Labute approximate surface area is 62.5 Å². The monoisotopic (exact) mass is 138 g/mol. The third-order valence-electron chi connectivity index (χ3n) is 1.02. The number of hydrogen-bond donors (Lipinski definition) is 1. The van der Waals surface area contributed by atoms with Gasteiger partial charge in [0, 0.05) is 33.0 Å². The lowest BCUT2D eigenvalue weighted by molar-refractivity contribution is 0.507. The molecule has 56 valence electrons. The Kier molecular flexibility index (Phi) is 5.30. The van der Waals surface area contributed by atoms with Crippen LogP contribution in [-0.4, -0.2) is 25.5 Å². The summed E-state index contributed by atoms with van der Waals surface area (Å²) in [5.74, 6) is 0. The zero-order chi connectivity index (χ0) is 7.82. The summed E-state index contributed by atoms with van der Waals surface area (Å²) in [4.78, 5) is 2.02. The molecular formula is C8H14N2. The van der Waals surface area contributed by atoms with Crippen LogP contribution in [0.1, 0.15) is 0 Å². The molecule has 0 rings (SSSR count). The van der Waals surface area contributed by atoms with Gasteiger partial charge in [-0.2, -0.15) is 0 Å². The van der Waals surface area contributed by atoms with Crippen molar-refractivity contribution in [1.82, 2.24) is 10.2 Å². The predicted molar refractivity (Wildman–Crippen MR) is 44.5 cm³/mol. The van der Waals surface area contributed by atoms with E-state index in [9.17, 15) is 0 Å². The van der Waals surface area contributed by atoms with Crippen molar-refractivity contribution in [3.8, 4) is 0 Å². The van der Waals surface area contributed by atoms with E-state index in [1.807, 2.05) is 37.5 Å². The zero-order valence-electron chi connectivity index (χ0n) is 6.59. The average Bonchev–Trinajstić information content (AvgIpc) is 1.97. The Morgan fingerprint density at radius 2 is 2.40 bits per heavy atom. The van der Waals surface area contributed by atoms with E-state index in [-0.39, 0.29) is 0 Å². The lowest BCUT2D eigenvalue weighted by Gasteiger charge is -2.08. The number of hydrogen-bond acceptors (Lipinski definition) is 2. The van der Waals surface area contributed by atoms with Crippen molar-refractivity contribution in [3.63, 3.8) is 0 Å². The van der Waals surface area contributed by atoms with E-state index >= 15 is 0 Å². The van der Waals surface area contributed by atoms with Crippen LogP contribution in [0.15, 0.2) is 30.8 Å². The van der Waals surface area contributed by atoms with Gasteiger partial charge in [0.1, 0.15) is 0 Å². The first kappa shape index (κ1) is 8.86. The van der Waals surface area contributed by atoms with E-state index in [0.29, 0.717) is 0 Å². The number of likely N-dealkylation sites (N-methyl/N-ethyl adjacent to an activating group) is 1. The van der Waals surface area contributed by atoms with Crippen LogP contribution in [0.3, 0.4) is 0 Å². The van der Waals surface area contributed by atoms with Crippen LogP contribution in [0, 0.1) is 0 Å². The van der Waals surface area contributed by atoms with Gasteiger partial charge in [0.25, 0.3) is 0 Å². The average molecular weight is 138 g/mol. The van der Waals surface area contributed by atoms with Crippen molar-refractivity contribution < 1.29 is 0 Å². The minimum atomic E-state index is 0.849. The number of nitrogens with one attached hydrogen (secondary N) is 1. The fraction of sp³-hybridized carbons (Fsp3) is 0.375. The molecule has 2 heteroatoms. The highest BCUT2D eigenvalue weighted by atomic mass is 15.1. The molecule has 0 amide bonds. The molecule has 0 radical (unpaired) electrons. The molecule has 0 fully saturated rings. The van der Waals surface area contributed by atoms with Gasteiger partial charge in [-0.25, -0.2) is 0 Å². The minimum absolute atomic E-state index is 0.849. The molecule has 0 saturated carbocycles. The normalized spacial score (nSPS) is 9.00. The standard InChI is InChI=1S/C8H14N2/c1-4-5-7-10(3)8-6-9-2/h5-6,8-9H,1,7H2,2-3H3/b8-6-. The molecule has 0 aliphatic heterocycles. The summed E-state index contributed by atoms with van der Waals surface area (Å²) in [5.41, 5.74) is 2.70. The van der Waals surface area contributed by atoms with Crippen LogP contribution in [0.4, 0.5) is 0 Å². The van der Waals surface area contributed by atoms with E-state index in [1.54, 1.807) is 0 Å². The summed E-state index contributed by atoms with van der Waals surface area (Å²) < 4.78 is 0. The summed E-state index contributed by atoms with van der Waals surface area (Å²) in [7, 11) is 3.86. The van der Waals surface area contributed by atoms with Gasteiger partial charge in [-0.3, -0.25) is 0 Å². The molecule has 2 nitrogen and oxygen atoms in total. The van der Waals surface area contributed by atoms with Crippen LogP contribution in [-0.2, 0) is 0 Å². The van der Waals surface area contributed by atoms with Crippen molar-refractivity contribution in [3.05, 3.63) is 30.8 Å². The SMILES string of the molecule is C=C=CCN(C)/C=C\NC. The summed E-state index contributed by atoms with van der Waals surface area (Å²) in [6, 6.07) is 0. The summed E-state index contributed by atoms with van der Waals surface area (Å²) in [6.45, 7) is 4.31. The maximum atomic E-state index is 3.47. The van der Waals surface area contributed by atoms with Gasteiger partial charge in [0.2, 0.25) is 0 Å².